The summed E-state index contributed by atoms with van der Waals surface area (Å²) in [6.45, 7) is 10.4. The van der Waals surface area contributed by atoms with Gasteiger partial charge in [-0.15, -0.1) is 0 Å². The third-order valence-corrected chi connectivity index (χ3v) is 4.89. The Labute approximate surface area is 124 Å². The maximum atomic E-state index is 4.49. The summed E-state index contributed by atoms with van der Waals surface area (Å²) < 4.78 is 1.91. The van der Waals surface area contributed by atoms with Gasteiger partial charge in [0.25, 0.3) is 0 Å². The highest BCUT2D eigenvalue weighted by atomic mass is 15.3. The number of aryl methyl sites for hydroxylation is 2. The van der Waals surface area contributed by atoms with Gasteiger partial charge in [-0.25, -0.2) is 0 Å². The summed E-state index contributed by atoms with van der Waals surface area (Å²) >= 11 is 0. The van der Waals surface area contributed by atoms with Crippen LogP contribution in [0.1, 0.15) is 59.1 Å². The number of nitrogens with zero attached hydrogens (tertiary/aromatic N) is 2. The molecule has 1 fully saturated rings. The fourth-order valence-electron chi connectivity index (χ4n) is 3.43. The topological polar surface area (TPSA) is 29.9 Å². The molecule has 1 heterocycles. The minimum Gasteiger partial charge on any atom is -0.382 e. The predicted molar refractivity (Wildman–Crippen MR) is 86.0 cm³/mol. The van der Waals surface area contributed by atoms with Crippen molar-refractivity contribution in [3.63, 3.8) is 0 Å². The summed E-state index contributed by atoms with van der Waals surface area (Å²) in [5.41, 5.74) is 2.90. The maximum Gasteiger partial charge on any atom is 0.0853 e. The molecule has 1 aliphatic rings. The van der Waals surface area contributed by atoms with E-state index in [9.17, 15) is 0 Å². The van der Waals surface area contributed by atoms with Crippen LogP contribution in [0.25, 0.3) is 0 Å². The van der Waals surface area contributed by atoms with Crippen LogP contribution in [0.2, 0.25) is 0 Å². The minimum atomic E-state index is 0.483. The first-order chi connectivity index (χ1) is 9.40. The molecule has 0 saturated heterocycles. The lowest BCUT2D eigenvalue weighted by atomic mass is 9.70. The van der Waals surface area contributed by atoms with E-state index >= 15 is 0 Å². The normalized spacial score (nSPS) is 23.9. The first kappa shape index (κ1) is 15.4. The summed E-state index contributed by atoms with van der Waals surface area (Å²) in [7, 11) is 2.00. The van der Waals surface area contributed by atoms with Gasteiger partial charge in [0.2, 0.25) is 0 Å². The fraction of sp³-hybridized carbons (Fsp3) is 0.824. The van der Waals surface area contributed by atoms with Crippen LogP contribution in [-0.2, 0) is 13.5 Å². The van der Waals surface area contributed by atoms with Crippen LogP contribution in [0.5, 0.6) is 0 Å². The summed E-state index contributed by atoms with van der Waals surface area (Å²) in [5, 5.41) is 8.12. The molecule has 0 spiro atoms. The number of anilines is 1. The Bertz CT molecular complexity index is 420. The Morgan fingerprint density at radius 2 is 1.90 bits per heavy atom. The molecule has 1 N–H and O–H groups in total. The molecule has 0 atom stereocenters. The van der Waals surface area contributed by atoms with Gasteiger partial charge in [0.15, 0.2) is 0 Å². The third-order valence-electron chi connectivity index (χ3n) is 4.89. The monoisotopic (exact) mass is 277 g/mol. The van der Waals surface area contributed by atoms with Gasteiger partial charge in [-0.05, 0) is 49.4 Å². The molecular formula is C17H31N3. The van der Waals surface area contributed by atoms with E-state index in [0.29, 0.717) is 5.41 Å². The van der Waals surface area contributed by atoms with Crippen LogP contribution in [0.15, 0.2) is 6.20 Å². The van der Waals surface area contributed by atoms with Crippen molar-refractivity contribution >= 4 is 5.69 Å². The molecule has 1 aromatic rings. The van der Waals surface area contributed by atoms with Crippen molar-refractivity contribution < 1.29 is 0 Å². The van der Waals surface area contributed by atoms with Crippen molar-refractivity contribution in [3.8, 4) is 0 Å². The average molecular weight is 277 g/mol. The van der Waals surface area contributed by atoms with E-state index in [1.807, 2.05) is 11.7 Å². The zero-order valence-corrected chi connectivity index (χ0v) is 13.9. The van der Waals surface area contributed by atoms with E-state index in [1.165, 1.54) is 37.1 Å². The quantitative estimate of drug-likeness (QED) is 0.891. The van der Waals surface area contributed by atoms with Gasteiger partial charge in [0.1, 0.15) is 0 Å². The third kappa shape index (κ3) is 3.77. The lowest BCUT2D eigenvalue weighted by Gasteiger charge is -2.37. The molecule has 1 saturated carbocycles. The number of aromatic nitrogens is 2. The molecule has 0 amide bonds. The van der Waals surface area contributed by atoms with Crippen molar-refractivity contribution in [1.29, 1.82) is 0 Å². The lowest BCUT2D eigenvalue weighted by molar-refractivity contribution is 0.153. The Balaban J connectivity index is 1.81. The number of hydrogen-bond donors (Lipinski definition) is 1. The van der Waals surface area contributed by atoms with Crippen LogP contribution in [0, 0.1) is 17.3 Å². The van der Waals surface area contributed by atoms with Crippen LogP contribution in [0.4, 0.5) is 5.69 Å². The van der Waals surface area contributed by atoms with Crippen molar-refractivity contribution in [1.82, 2.24) is 9.78 Å². The number of rotatable bonds is 4. The molecule has 1 aromatic heterocycles. The minimum absolute atomic E-state index is 0.483. The first-order valence-corrected chi connectivity index (χ1v) is 8.16. The van der Waals surface area contributed by atoms with Crippen LogP contribution in [0.3, 0.4) is 0 Å². The second-order valence-electron chi connectivity index (χ2n) is 7.48. The Kier molecular flexibility index (Phi) is 4.77. The summed E-state index contributed by atoms with van der Waals surface area (Å²) in [4.78, 5) is 0. The van der Waals surface area contributed by atoms with Gasteiger partial charge in [0, 0.05) is 19.8 Å². The van der Waals surface area contributed by atoms with E-state index in [2.05, 4.69) is 44.3 Å². The van der Waals surface area contributed by atoms with E-state index < -0.39 is 0 Å². The van der Waals surface area contributed by atoms with Gasteiger partial charge in [-0.1, -0.05) is 27.7 Å². The molecule has 0 bridgehead atoms. The molecule has 20 heavy (non-hydrogen) atoms. The van der Waals surface area contributed by atoms with E-state index in [0.717, 1.165) is 24.8 Å². The van der Waals surface area contributed by atoms with E-state index in [4.69, 9.17) is 0 Å². The predicted octanol–water partition coefficient (Wildman–Crippen LogP) is 4.25. The van der Waals surface area contributed by atoms with Gasteiger partial charge in [-0.2, -0.15) is 5.10 Å². The molecule has 0 unspecified atom stereocenters. The Morgan fingerprint density at radius 3 is 2.45 bits per heavy atom. The Morgan fingerprint density at radius 1 is 1.25 bits per heavy atom. The molecule has 3 nitrogen and oxygen atoms in total. The van der Waals surface area contributed by atoms with Gasteiger partial charge < -0.3 is 5.32 Å². The lowest BCUT2D eigenvalue weighted by Crippen LogP contribution is -2.28. The largest absolute Gasteiger partial charge is 0.382 e. The standard InChI is InChI=1S/C17H31N3/c1-6-15-16(12-20(5)19-15)18-11-13-7-9-14(10-8-13)17(2,3)4/h12-14,18H,6-11H2,1-5H3. The molecule has 2 rings (SSSR count). The SMILES string of the molecule is CCc1nn(C)cc1NCC1CCC(C(C)(C)C)CC1. The second-order valence-corrected chi connectivity index (χ2v) is 7.48. The van der Waals surface area contributed by atoms with Crippen LogP contribution >= 0.6 is 0 Å². The van der Waals surface area contributed by atoms with Crippen LogP contribution in [-0.4, -0.2) is 16.3 Å². The van der Waals surface area contributed by atoms with Crippen molar-refractivity contribution in [2.24, 2.45) is 24.3 Å². The summed E-state index contributed by atoms with van der Waals surface area (Å²) in [6, 6.07) is 0. The van der Waals surface area contributed by atoms with Crippen molar-refractivity contribution in [3.05, 3.63) is 11.9 Å². The average Bonchev–Trinajstić information content (AvgIpc) is 2.76. The smallest absolute Gasteiger partial charge is 0.0853 e. The highest BCUT2D eigenvalue weighted by Crippen LogP contribution is 2.39. The molecule has 114 valence electrons. The molecule has 0 aromatic carbocycles. The number of nitrogens with one attached hydrogen (secondary N) is 1. The maximum absolute atomic E-state index is 4.49. The molecule has 3 heteroatoms. The Hall–Kier alpha value is -0.990. The zero-order chi connectivity index (χ0) is 14.8. The van der Waals surface area contributed by atoms with Gasteiger partial charge >= 0.3 is 0 Å². The molecule has 1 aliphatic carbocycles. The van der Waals surface area contributed by atoms with Crippen molar-refractivity contribution in [2.75, 3.05) is 11.9 Å². The highest BCUT2D eigenvalue weighted by Gasteiger charge is 2.29. The van der Waals surface area contributed by atoms with Gasteiger partial charge in [0.05, 0.1) is 11.4 Å². The number of hydrogen-bond acceptors (Lipinski definition) is 2. The summed E-state index contributed by atoms with van der Waals surface area (Å²) in [5.74, 6) is 1.74. The molecule has 0 radical (unpaired) electrons. The molecular weight excluding hydrogens is 246 g/mol. The first-order valence-electron chi connectivity index (χ1n) is 8.16. The second kappa shape index (κ2) is 6.19. The highest BCUT2D eigenvalue weighted by molar-refractivity contribution is 5.46. The van der Waals surface area contributed by atoms with Crippen LogP contribution < -0.4 is 5.32 Å². The van der Waals surface area contributed by atoms with Gasteiger partial charge in [-0.3, -0.25) is 4.68 Å². The zero-order valence-electron chi connectivity index (χ0n) is 13.9. The fourth-order valence-corrected chi connectivity index (χ4v) is 3.43. The van der Waals surface area contributed by atoms with Crippen molar-refractivity contribution in [2.45, 2.75) is 59.8 Å². The molecule has 0 aliphatic heterocycles. The van der Waals surface area contributed by atoms with E-state index in [1.54, 1.807) is 0 Å². The van der Waals surface area contributed by atoms with E-state index in [-0.39, 0.29) is 0 Å². The summed E-state index contributed by atoms with van der Waals surface area (Å²) in [6.07, 6.45) is 8.64.